The summed E-state index contributed by atoms with van der Waals surface area (Å²) in [4.78, 5) is 40.7. The summed E-state index contributed by atoms with van der Waals surface area (Å²) < 4.78 is 50.5. The van der Waals surface area contributed by atoms with Crippen LogP contribution in [0.5, 0.6) is 11.5 Å². The van der Waals surface area contributed by atoms with Gasteiger partial charge in [-0.2, -0.15) is 13.2 Å². The van der Waals surface area contributed by atoms with Crippen molar-refractivity contribution >= 4 is 46.0 Å². The summed E-state index contributed by atoms with van der Waals surface area (Å²) in [5.41, 5.74) is -0.621. The summed E-state index contributed by atoms with van der Waals surface area (Å²) in [7, 11) is 1.19. The predicted molar refractivity (Wildman–Crippen MR) is 137 cm³/mol. The first-order valence-electron chi connectivity index (χ1n) is 11.1. The second kappa shape index (κ2) is 11.3. The number of halogens is 5. The molecule has 0 saturated heterocycles. The fourth-order valence-electron chi connectivity index (χ4n) is 3.59. The topological polar surface area (TPSA) is 99.5 Å². The fourth-order valence-corrected chi connectivity index (χ4v) is 4.15. The summed E-state index contributed by atoms with van der Waals surface area (Å²) in [5.74, 6) is -0.961. The van der Waals surface area contributed by atoms with Crippen LogP contribution in [0, 0.1) is 0 Å². The van der Waals surface area contributed by atoms with E-state index in [4.69, 9.17) is 27.9 Å². The van der Waals surface area contributed by atoms with Gasteiger partial charge in [0.25, 0.3) is 11.5 Å². The lowest BCUT2D eigenvalue weighted by atomic mass is 10.1. The predicted octanol–water partition coefficient (Wildman–Crippen LogP) is 5.47. The minimum atomic E-state index is -4.50. The molecule has 4 aromatic rings. The molecule has 0 saturated carbocycles. The zero-order valence-electron chi connectivity index (χ0n) is 20.0. The van der Waals surface area contributed by atoms with Crippen molar-refractivity contribution in [3.63, 3.8) is 0 Å². The van der Waals surface area contributed by atoms with Crippen LogP contribution < -0.4 is 15.6 Å². The number of carbonyl (C=O) groups excluding carboxylic acids is 2. The molecular weight excluding hydrogens is 562 g/mol. The summed E-state index contributed by atoms with van der Waals surface area (Å²) in [6.45, 7) is -0.441. The molecule has 0 aliphatic heterocycles. The maximum Gasteiger partial charge on any atom is 0.416 e. The van der Waals surface area contributed by atoms with Crippen LogP contribution in [0.3, 0.4) is 0 Å². The van der Waals surface area contributed by atoms with E-state index < -0.39 is 29.2 Å². The van der Waals surface area contributed by atoms with E-state index in [1.807, 2.05) is 0 Å². The number of aromatic nitrogens is 2. The molecule has 3 aromatic carbocycles. The van der Waals surface area contributed by atoms with Gasteiger partial charge in [-0.25, -0.2) is 4.98 Å². The highest BCUT2D eigenvalue weighted by atomic mass is 35.5. The van der Waals surface area contributed by atoms with Gasteiger partial charge in [0.2, 0.25) is 0 Å². The van der Waals surface area contributed by atoms with Crippen LogP contribution in [0.4, 0.5) is 13.2 Å². The molecule has 202 valence electrons. The van der Waals surface area contributed by atoms with E-state index in [0.717, 1.165) is 12.1 Å². The number of carbonyl (C=O) groups is 2. The van der Waals surface area contributed by atoms with Crippen molar-refractivity contribution in [2.75, 3.05) is 13.7 Å². The fraction of sp³-hybridized carbons (Fsp3) is 0.154. The van der Waals surface area contributed by atoms with E-state index in [9.17, 15) is 27.6 Å². The third-order valence-corrected chi connectivity index (χ3v) is 6.07. The normalized spacial score (nSPS) is 11.3. The molecular formula is C26H18Cl2F3N3O5. The minimum Gasteiger partial charge on any atom is -0.468 e. The molecule has 0 spiro atoms. The highest BCUT2D eigenvalue weighted by Crippen LogP contribution is 2.38. The van der Waals surface area contributed by atoms with Crippen LogP contribution in [0.2, 0.25) is 10.0 Å². The summed E-state index contributed by atoms with van der Waals surface area (Å²) in [6, 6.07) is 11.7. The van der Waals surface area contributed by atoms with Crippen molar-refractivity contribution in [1.29, 1.82) is 0 Å². The third-order valence-electron chi connectivity index (χ3n) is 5.51. The van der Waals surface area contributed by atoms with Crippen LogP contribution in [0.1, 0.15) is 21.5 Å². The molecule has 0 atom stereocenters. The van der Waals surface area contributed by atoms with Gasteiger partial charge in [0, 0.05) is 11.6 Å². The molecule has 39 heavy (non-hydrogen) atoms. The molecule has 1 heterocycles. The number of amides is 1. The van der Waals surface area contributed by atoms with Crippen LogP contribution >= 0.6 is 23.2 Å². The summed E-state index contributed by atoms with van der Waals surface area (Å²) in [5, 5.41) is 2.60. The number of ether oxygens (including phenoxy) is 2. The molecule has 1 N–H and O–H groups in total. The van der Waals surface area contributed by atoms with E-state index in [1.165, 1.54) is 60.5 Å². The summed E-state index contributed by atoms with van der Waals surface area (Å²) in [6.07, 6.45) is -3.27. The molecule has 13 heteroatoms. The average molecular weight is 580 g/mol. The monoisotopic (exact) mass is 579 g/mol. The Labute approximate surface area is 228 Å². The first kappa shape index (κ1) is 27.9. The molecule has 8 nitrogen and oxygen atoms in total. The molecule has 1 amide bonds. The van der Waals surface area contributed by atoms with Gasteiger partial charge in [0.1, 0.15) is 12.3 Å². The highest BCUT2D eigenvalue weighted by molar-refractivity contribution is 6.37. The Bertz CT molecular complexity index is 1620. The molecule has 0 aliphatic carbocycles. The molecule has 4 rings (SSSR count). The van der Waals surface area contributed by atoms with Crippen molar-refractivity contribution in [3.8, 4) is 11.5 Å². The van der Waals surface area contributed by atoms with Crippen LogP contribution in [0.15, 0.2) is 65.7 Å². The number of esters is 1. The van der Waals surface area contributed by atoms with Gasteiger partial charge in [0.05, 0.1) is 46.5 Å². The summed E-state index contributed by atoms with van der Waals surface area (Å²) >= 11 is 12.6. The van der Waals surface area contributed by atoms with E-state index >= 15 is 0 Å². The third kappa shape index (κ3) is 6.50. The molecule has 0 radical (unpaired) electrons. The quantitative estimate of drug-likeness (QED) is 0.292. The van der Waals surface area contributed by atoms with Gasteiger partial charge in [-0.1, -0.05) is 35.3 Å². The van der Waals surface area contributed by atoms with Crippen molar-refractivity contribution < 1.29 is 32.2 Å². The van der Waals surface area contributed by atoms with Gasteiger partial charge in [0.15, 0.2) is 5.75 Å². The Kier molecular flexibility index (Phi) is 8.12. The molecule has 0 fully saturated rings. The first-order valence-corrected chi connectivity index (χ1v) is 11.9. The lowest BCUT2D eigenvalue weighted by molar-refractivity contribution is -0.139. The highest BCUT2D eigenvalue weighted by Gasteiger charge is 2.30. The standard InChI is InChI=1S/C26H18Cl2F3N3O5/c1-38-22(35)11-32-24(36)15-8-19(27)23(20(28)9-15)39-17-5-6-18-21(10-17)33-13-34(25(18)37)12-14-3-2-4-16(7-14)26(29,30)31/h2-10,13H,11-12H2,1H3,(H,32,36). The molecule has 0 bridgehead atoms. The van der Waals surface area contributed by atoms with E-state index in [-0.39, 0.29) is 51.1 Å². The van der Waals surface area contributed by atoms with Crippen molar-refractivity contribution in [2.24, 2.45) is 0 Å². The number of benzene rings is 3. The minimum absolute atomic E-state index is 0.00952. The van der Waals surface area contributed by atoms with Crippen molar-refractivity contribution in [3.05, 3.63) is 98.0 Å². The van der Waals surface area contributed by atoms with E-state index in [1.54, 1.807) is 0 Å². The Morgan fingerprint density at radius 2 is 1.77 bits per heavy atom. The second-order valence-corrected chi connectivity index (χ2v) is 9.00. The first-order chi connectivity index (χ1) is 18.5. The van der Waals surface area contributed by atoms with Gasteiger partial charge >= 0.3 is 12.1 Å². The van der Waals surface area contributed by atoms with Gasteiger partial charge in [-0.15, -0.1) is 0 Å². The number of nitrogens with zero attached hydrogens (tertiary/aromatic N) is 2. The average Bonchev–Trinajstić information content (AvgIpc) is 2.90. The van der Waals surface area contributed by atoms with Crippen LogP contribution in [-0.4, -0.2) is 35.1 Å². The van der Waals surface area contributed by atoms with E-state index in [2.05, 4.69) is 15.0 Å². The Morgan fingerprint density at radius 1 is 1.05 bits per heavy atom. The zero-order valence-corrected chi connectivity index (χ0v) is 21.5. The number of fused-ring (bicyclic) bond motifs is 1. The zero-order chi connectivity index (χ0) is 28.3. The Balaban J connectivity index is 1.55. The molecule has 1 aromatic heterocycles. The largest absolute Gasteiger partial charge is 0.468 e. The van der Waals surface area contributed by atoms with Gasteiger partial charge in [-0.05, 0) is 42.0 Å². The lowest BCUT2D eigenvalue weighted by Crippen LogP contribution is -2.30. The number of rotatable bonds is 7. The molecule has 0 unspecified atom stereocenters. The van der Waals surface area contributed by atoms with Crippen LogP contribution in [-0.2, 0) is 22.3 Å². The smallest absolute Gasteiger partial charge is 0.416 e. The Morgan fingerprint density at radius 3 is 2.44 bits per heavy atom. The lowest BCUT2D eigenvalue weighted by Gasteiger charge is -2.13. The van der Waals surface area contributed by atoms with E-state index in [0.29, 0.717) is 5.56 Å². The van der Waals surface area contributed by atoms with Gasteiger partial charge < -0.3 is 14.8 Å². The number of hydrogen-bond acceptors (Lipinski definition) is 6. The molecule has 0 aliphatic rings. The second-order valence-electron chi connectivity index (χ2n) is 8.18. The number of alkyl halides is 3. The van der Waals surface area contributed by atoms with Crippen LogP contribution in [0.25, 0.3) is 10.9 Å². The number of methoxy groups -OCH3 is 1. The van der Waals surface area contributed by atoms with Crippen molar-refractivity contribution in [2.45, 2.75) is 12.7 Å². The van der Waals surface area contributed by atoms with Gasteiger partial charge in [-0.3, -0.25) is 19.0 Å². The number of hydrogen-bond donors (Lipinski definition) is 1. The van der Waals surface area contributed by atoms with Crippen molar-refractivity contribution in [1.82, 2.24) is 14.9 Å². The Hall–Kier alpha value is -4.09. The number of nitrogens with one attached hydrogen (secondary N) is 1. The maximum atomic E-state index is 13.0. The SMILES string of the molecule is COC(=O)CNC(=O)c1cc(Cl)c(Oc2ccc3c(=O)n(Cc4cccc(C(F)(F)F)c4)cnc3c2)c(Cl)c1. The maximum absolute atomic E-state index is 13.0.